The van der Waals surface area contributed by atoms with Gasteiger partial charge < -0.3 is 24.3 Å². The summed E-state index contributed by atoms with van der Waals surface area (Å²) in [5.74, 6) is 2.64. The van der Waals surface area contributed by atoms with E-state index >= 15 is 0 Å². The Kier molecular flexibility index (Phi) is 3.99. The van der Waals surface area contributed by atoms with Gasteiger partial charge >= 0.3 is 0 Å². The van der Waals surface area contributed by atoms with E-state index in [2.05, 4.69) is 19.2 Å². The van der Waals surface area contributed by atoms with Gasteiger partial charge in [-0.1, -0.05) is 0 Å². The lowest BCUT2D eigenvalue weighted by Gasteiger charge is -2.38. The number of fused-ring (bicyclic) bond motifs is 1. The Labute approximate surface area is 120 Å². The van der Waals surface area contributed by atoms with E-state index in [0.717, 1.165) is 17.7 Å². The highest BCUT2D eigenvalue weighted by atomic mass is 16.5. The van der Waals surface area contributed by atoms with E-state index in [1.165, 1.54) is 0 Å². The Morgan fingerprint density at radius 1 is 1.15 bits per heavy atom. The van der Waals surface area contributed by atoms with Crippen LogP contribution in [0.1, 0.15) is 31.9 Å². The van der Waals surface area contributed by atoms with Gasteiger partial charge in [-0.15, -0.1) is 0 Å². The molecule has 1 aromatic rings. The predicted molar refractivity (Wildman–Crippen MR) is 77.2 cm³/mol. The number of benzene rings is 1. The Balaban J connectivity index is 2.67. The van der Waals surface area contributed by atoms with Crippen LogP contribution in [0.15, 0.2) is 6.07 Å². The molecule has 1 aliphatic rings. The normalized spacial score (nSPS) is 19.8. The van der Waals surface area contributed by atoms with Crippen molar-refractivity contribution in [3.8, 4) is 23.0 Å². The first-order chi connectivity index (χ1) is 9.47. The van der Waals surface area contributed by atoms with Gasteiger partial charge in [-0.25, -0.2) is 0 Å². The van der Waals surface area contributed by atoms with E-state index in [4.69, 9.17) is 18.9 Å². The Bertz CT molecular complexity index is 499. The molecule has 0 amide bonds. The SMILES string of the molecule is CNC1CC(C)(C)Oc2cc(OC)c(OC)c(OC)c21. The summed E-state index contributed by atoms with van der Waals surface area (Å²) in [4.78, 5) is 0. The summed E-state index contributed by atoms with van der Waals surface area (Å²) in [5.41, 5.74) is 0.734. The molecule has 1 heterocycles. The van der Waals surface area contributed by atoms with Crippen molar-refractivity contribution in [2.75, 3.05) is 28.4 Å². The highest BCUT2D eigenvalue weighted by Gasteiger charge is 2.37. The Hall–Kier alpha value is -1.62. The Morgan fingerprint density at radius 2 is 1.80 bits per heavy atom. The van der Waals surface area contributed by atoms with Crippen LogP contribution in [0, 0.1) is 0 Å². The molecule has 0 aliphatic carbocycles. The second-order valence-corrected chi connectivity index (χ2v) is 5.46. The van der Waals surface area contributed by atoms with Crippen LogP contribution >= 0.6 is 0 Å². The van der Waals surface area contributed by atoms with Crippen LogP contribution in [-0.4, -0.2) is 34.0 Å². The topological polar surface area (TPSA) is 49.0 Å². The molecule has 20 heavy (non-hydrogen) atoms. The van der Waals surface area contributed by atoms with Crippen molar-refractivity contribution in [3.05, 3.63) is 11.6 Å². The monoisotopic (exact) mass is 281 g/mol. The van der Waals surface area contributed by atoms with Gasteiger partial charge in [0.1, 0.15) is 11.4 Å². The van der Waals surface area contributed by atoms with Crippen LogP contribution in [-0.2, 0) is 0 Å². The molecular formula is C15H23NO4. The van der Waals surface area contributed by atoms with Crippen LogP contribution < -0.4 is 24.3 Å². The molecule has 2 rings (SSSR count). The van der Waals surface area contributed by atoms with E-state index in [-0.39, 0.29) is 11.6 Å². The average molecular weight is 281 g/mol. The summed E-state index contributed by atoms with van der Waals surface area (Å²) in [6.07, 6.45) is 0.850. The molecule has 0 aromatic heterocycles. The van der Waals surface area contributed by atoms with Crippen molar-refractivity contribution in [2.45, 2.75) is 31.9 Å². The second-order valence-electron chi connectivity index (χ2n) is 5.46. The maximum Gasteiger partial charge on any atom is 0.203 e. The summed E-state index contributed by atoms with van der Waals surface area (Å²) in [6, 6.07) is 2.01. The Morgan fingerprint density at radius 3 is 2.30 bits per heavy atom. The predicted octanol–water partition coefficient (Wildman–Crippen LogP) is 2.53. The average Bonchev–Trinajstić information content (AvgIpc) is 2.42. The largest absolute Gasteiger partial charge is 0.493 e. The van der Waals surface area contributed by atoms with Crippen molar-refractivity contribution in [2.24, 2.45) is 0 Å². The van der Waals surface area contributed by atoms with Gasteiger partial charge in [0.05, 0.1) is 26.9 Å². The van der Waals surface area contributed by atoms with Crippen LogP contribution in [0.25, 0.3) is 0 Å². The van der Waals surface area contributed by atoms with Gasteiger partial charge in [-0.3, -0.25) is 0 Å². The minimum Gasteiger partial charge on any atom is -0.493 e. The first kappa shape index (κ1) is 14.8. The molecule has 0 saturated heterocycles. The standard InChI is InChI=1S/C15H23NO4/c1-15(2)8-9(16-3)12-10(20-15)7-11(17-4)13(18-5)14(12)19-6/h7,9,16H,8H2,1-6H3. The van der Waals surface area contributed by atoms with Crippen LogP contribution in [0.4, 0.5) is 0 Å². The minimum atomic E-state index is -0.245. The number of nitrogens with one attached hydrogen (secondary N) is 1. The van der Waals surface area contributed by atoms with Gasteiger partial charge in [0.25, 0.3) is 0 Å². The van der Waals surface area contributed by atoms with Crippen LogP contribution in [0.5, 0.6) is 23.0 Å². The fourth-order valence-electron chi connectivity index (χ4n) is 2.75. The van der Waals surface area contributed by atoms with E-state index in [1.54, 1.807) is 21.3 Å². The lowest BCUT2D eigenvalue weighted by Crippen LogP contribution is -2.38. The molecule has 0 fully saturated rings. The van der Waals surface area contributed by atoms with Crippen LogP contribution in [0.3, 0.4) is 0 Å². The fraction of sp³-hybridized carbons (Fsp3) is 0.600. The molecule has 0 radical (unpaired) electrons. The fourth-order valence-corrected chi connectivity index (χ4v) is 2.75. The molecular weight excluding hydrogens is 258 g/mol. The van der Waals surface area contributed by atoms with Gasteiger partial charge in [0.2, 0.25) is 5.75 Å². The maximum atomic E-state index is 6.08. The van der Waals surface area contributed by atoms with Gasteiger partial charge in [0, 0.05) is 18.5 Å². The molecule has 0 saturated carbocycles. The second kappa shape index (κ2) is 5.40. The molecule has 112 valence electrons. The lowest BCUT2D eigenvalue weighted by atomic mass is 9.89. The van der Waals surface area contributed by atoms with Gasteiger partial charge in [-0.2, -0.15) is 0 Å². The van der Waals surface area contributed by atoms with Crippen molar-refractivity contribution < 1.29 is 18.9 Å². The summed E-state index contributed by atoms with van der Waals surface area (Å²) in [6.45, 7) is 4.15. The zero-order chi connectivity index (χ0) is 14.9. The van der Waals surface area contributed by atoms with Crippen molar-refractivity contribution in [1.82, 2.24) is 5.32 Å². The third-order valence-corrected chi connectivity index (χ3v) is 3.61. The van der Waals surface area contributed by atoms with Gasteiger partial charge in [0.15, 0.2) is 11.5 Å². The molecule has 0 bridgehead atoms. The quantitative estimate of drug-likeness (QED) is 0.919. The maximum absolute atomic E-state index is 6.08. The van der Waals surface area contributed by atoms with Crippen molar-refractivity contribution >= 4 is 0 Å². The molecule has 0 spiro atoms. The number of hydrogen-bond donors (Lipinski definition) is 1. The number of hydrogen-bond acceptors (Lipinski definition) is 5. The van der Waals surface area contributed by atoms with E-state index in [0.29, 0.717) is 17.2 Å². The smallest absolute Gasteiger partial charge is 0.203 e. The molecule has 1 atom stereocenters. The highest BCUT2D eigenvalue weighted by molar-refractivity contribution is 5.63. The summed E-state index contributed by atoms with van der Waals surface area (Å²) >= 11 is 0. The van der Waals surface area contributed by atoms with Crippen molar-refractivity contribution in [3.63, 3.8) is 0 Å². The molecule has 1 aromatic carbocycles. The lowest BCUT2D eigenvalue weighted by molar-refractivity contribution is 0.0655. The third-order valence-electron chi connectivity index (χ3n) is 3.61. The van der Waals surface area contributed by atoms with Crippen molar-refractivity contribution in [1.29, 1.82) is 0 Å². The number of rotatable bonds is 4. The molecule has 1 N–H and O–H groups in total. The summed E-state index contributed by atoms with van der Waals surface area (Å²) in [7, 11) is 6.78. The van der Waals surface area contributed by atoms with E-state index in [1.807, 2.05) is 13.1 Å². The zero-order valence-electron chi connectivity index (χ0n) is 13.0. The molecule has 1 unspecified atom stereocenters. The van der Waals surface area contributed by atoms with Crippen LogP contribution in [0.2, 0.25) is 0 Å². The van der Waals surface area contributed by atoms with E-state index < -0.39 is 0 Å². The van der Waals surface area contributed by atoms with E-state index in [9.17, 15) is 0 Å². The molecule has 5 heteroatoms. The first-order valence-corrected chi connectivity index (χ1v) is 6.66. The highest BCUT2D eigenvalue weighted by Crippen LogP contribution is 2.52. The molecule has 5 nitrogen and oxygen atoms in total. The summed E-state index contributed by atoms with van der Waals surface area (Å²) in [5, 5.41) is 3.32. The van der Waals surface area contributed by atoms with Gasteiger partial charge in [-0.05, 0) is 20.9 Å². The zero-order valence-corrected chi connectivity index (χ0v) is 13.0. The third kappa shape index (κ3) is 2.38. The summed E-state index contributed by atoms with van der Waals surface area (Å²) < 4.78 is 22.4. The number of ether oxygens (including phenoxy) is 4. The first-order valence-electron chi connectivity index (χ1n) is 6.66. The molecule has 1 aliphatic heterocycles. The minimum absolute atomic E-state index is 0.142. The number of methoxy groups -OCH3 is 3.